The van der Waals surface area contributed by atoms with Crippen molar-refractivity contribution in [3.8, 4) is 0 Å². The molecule has 0 spiro atoms. The van der Waals surface area contributed by atoms with Gasteiger partial charge in [-0.25, -0.2) is 0 Å². The summed E-state index contributed by atoms with van der Waals surface area (Å²) in [5.41, 5.74) is 0.441. The second-order valence-electron chi connectivity index (χ2n) is 5.01. The van der Waals surface area contributed by atoms with Crippen LogP contribution in [0.2, 0.25) is 0 Å². The minimum atomic E-state index is -0.613. The fourth-order valence-electron chi connectivity index (χ4n) is 2.68. The Morgan fingerprint density at radius 2 is 1.88 bits per heavy atom. The van der Waals surface area contributed by atoms with Gasteiger partial charge in [-0.15, -0.1) is 6.58 Å². The number of hydrogen-bond acceptors (Lipinski definition) is 1. The maximum Gasteiger partial charge on any atom is 0.0896 e. The highest BCUT2D eigenvalue weighted by Gasteiger charge is 2.34. The molecule has 1 aromatic carbocycles. The molecule has 0 radical (unpaired) electrons. The third kappa shape index (κ3) is 2.99. The zero-order valence-corrected chi connectivity index (χ0v) is 11.6. The predicted octanol–water partition coefficient (Wildman–Crippen LogP) is 4.40. The summed E-state index contributed by atoms with van der Waals surface area (Å²) in [6, 6.07) is 8.06. The molecule has 0 aromatic heterocycles. The van der Waals surface area contributed by atoms with Gasteiger partial charge in [0.05, 0.1) is 5.60 Å². The zero-order valence-electron chi connectivity index (χ0n) is 10.0. The van der Waals surface area contributed by atoms with E-state index in [0.717, 1.165) is 42.1 Å². The van der Waals surface area contributed by atoms with Crippen molar-refractivity contribution in [3.63, 3.8) is 0 Å². The van der Waals surface area contributed by atoms with E-state index in [1.54, 1.807) is 0 Å². The molecule has 1 N–H and O–H groups in total. The van der Waals surface area contributed by atoms with E-state index in [9.17, 15) is 5.11 Å². The van der Waals surface area contributed by atoms with E-state index in [1.807, 2.05) is 30.3 Å². The summed E-state index contributed by atoms with van der Waals surface area (Å²) in [7, 11) is 0. The second kappa shape index (κ2) is 5.36. The van der Waals surface area contributed by atoms with Gasteiger partial charge in [-0.1, -0.05) is 34.1 Å². The van der Waals surface area contributed by atoms with Crippen LogP contribution in [0.3, 0.4) is 0 Å². The molecule has 1 aliphatic carbocycles. The van der Waals surface area contributed by atoms with Gasteiger partial charge < -0.3 is 5.11 Å². The van der Waals surface area contributed by atoms with E-state index >= 15 is 0 Å². The molecule has 92 valence electrons. The molecule has 2 heteroatoms. The van der Waals surface area contributed by atoms with E-state index in [-0.39, 0.29) is 0 Å². The number of halogens is 1. The van der Waals surface area contributed by atoms with Gasteiger partial charge in [0.2, 0.25) is 0 Å². The Labute approximate surface area is 112 Å². The number of hydrogen-bond donors (Lipinski definition) is 1. The summed E-state index contributed by atoms with van der Waals surface area (Å²) >= 11 is 3.42. The van der Waals surface area contributed by atoms with Gasteiger partial charge >= 0.3 is 0 Å². The number of benzene rings is 1. The first-order valence-corrected chi connectivity index (χ1v) is 7.03. The van der Waals surface area contributed by atoms with Crippen molar-refractivity contribution in [2.24, 2.45) is 5.92 Å². The molecule has 17 heavy (non-hydrogen) atoms. The average molecular weight is 295 g/mol. The summed E-state index contributed by atoms with van der Waals surface area (Å²) in [5, 5.41) is 10.7. The molecule has 0 saturated heterocycles. The number of rotatable bonds is 3. The van der Waals surface area contributed by atoms with E-state index < -0.39 is 5.60 Å². The van der Waals surface area contributed by atoms with E-state index in [4.69, 9.17) is 0 Å². The average Bonchev–Trinajstić information content (AvgIpc) is 2.33. The third-order valence-corrected chi connectivity index (χ3v) is 4.34. The summed E-state index contributed by atoms with van der Waals surface area (Å²) in [4.78, 5) is 0. The maximum atomic E-state index is 10.7. The Hall–Kier alpha value is -0.600. The highest BCUT2D eigenvalue weighted by molar-refractivity contribution is 9.10. The lowest BCUT2D eigenvalue weighted by atomic mass is 9.74. The van der Waals surface area contributed by atoms with Gasteiger partial charge in [0, 0.05) is 4.47 Å². The zero-order chi connectivity index (χ0) is 12.3. The number of allylic oxidation sites excluding steroid dienone is 1. The van der Waals surface area contributed by atoms with E-state index in [2.05, 4.69) is 22.5 Å². The van der Waals surface area contributed by atoms with E-state index in [1.165, 1.54) is 0 Å². The smallest absolute Gasteiger partial charge is 0.0896 e. The van der Waals surface area contributed by atoms with Crippen molar-refractivity contribution in [3.05, 3.63) is 47.0 Å². The van der Waals surface area contributed by atoms with Gasteiger partial charge in [-0.2, -0.15) is 0 Å². The fraction of sp³-hybridized carbons (Fsp3) is 0.467. The number of aliphatic hydroxyl groups is 1. The molecular formula is C15H19BrO. The SMILES string of the molecule is C=CCC1CCC(O)(c2ccc(Br)cc2)CC1. The van der Waals surface area contributed by atoms with Crippen LogP contribution in [0.1, 0.15) is 37.7 Å². The molecule has 1 aromatic rings. The van der Waals surface area contributed by atoms with Gasteiger partial charge in [0.1, 0.15) is 0 Å². The molecule has 0 aliphatic heterocycles. The summed E-state index contributed by atoms with van der Waals surface area (Å²) < 4.78 is 1.06. The summed E-state index contributed by atoms with van der Waals surface area (Å²) in [6.45, 7) is 3.79. The molecule has 0 unspecified atom stereocenters. The monoisotopic (exact) mass is 294 g/mol. The fourth-order valence-corrected chi connectivity index (χ4v) is 2.94. The topological polar surface area (TPSA) is 20.2 Å². The first-order chi connectivity index (χ1) is 8.14. The first-order valence-electron chi connectivity index (χ1n) is 6.23. The molecule has 0 bridgehead atoms. The quantitative estimate of drug-likeness (QED) is 0.819. The minimum absolute atomic E-state index is 0.613. The molecule has 1 fully saturated rings. The molecule has 1 aliphatic rings. The second-order valence-corrected chi connectivity index (χ2v) is 5.92. The predicted molar refractivity (Wildman–Crippen MR) is 74.8 cm³/mol. The third-order valence-electron chi connectivity index (χ3n) is 3.81. The van der Waals surface area contributed by atoms with Gasteiger partial charge in [0.15, 0.2) is 0 Å². The largest absolute Gasteiger partial charge is 0.385 e. The molecule has 1 nitrogen and oxygen atoms in total. The minimum Gasteiger partial charge on any atom is -0.385 e. The van der Waals surface area contributed by atoms with Gasteiger partial charge in [-0.05, 0) is 55.7 Å². The normalized spacial score (nSPS) is 28.9. The van der Waals surface area contributed by atoms with Crippen LogP contribution < -0.4 is 0 Å². The maximum absolute atomic E-state index is 10.7. The lowest BCUT2D eigenvalue weighted by Gasteiger charge is -2.36. The molecule has 0 amide bonds. The van der Waals surface area contributed by atoms with E-state index in [0.29, 0.717) is 5.92 Å². The summed E-state index contributed by atoms with van der Waals surface area (Å²) in [5.74, 6) is 0.711. The standard InChI is InChI=1S/C15H19BrO/c1-2-3-12-8-10-15(17,11-9-12)13-4-6-14(16)7-5-13/h2,4-7,12,17H,1,3,8-11H2. The van der Waals surface area contributed by atoms with Crippen molar-refractivity contribution < 1.29 is 5.11 Å². The lowest BCUT2D eigenvalue weighted by Crippen LogP contribution is -2.31. The van der Waals surface area contributed by atoms with Crippen LogP contribution in [0.25, 0.3) is 0 Å². The Balaban J connectivity index is 2.06. The van der Waals surface area contributed by atoms with Crippen molar-refractivity contribution in [2.45, 2.75) is 37.7 Å². The molecule has 2 rings (SSSR count). The van der Waals surface area contributed by atoms with Crippen molar-refractivity contribution in [2.75, 3.05) is 0 Å². The Morgan fingerprint density at radius 3 is 2.41 bits per heavy atom. The molecule has 1 saturated carbocycles. The van der Waals surface area contributed by atoms with Crippen LogP contribution in [0.4, 0.5) is 0 Å². The van der Waals surface area contributed by atoms with Crippen LogP contribution in [-0.4, -0.2) is 5.11 Å². The molecule has 0 heterocycles. The lowest BCUT2D eigenvalue weighted by molar-refractivity contribution is -0.0138. The highest BCUT2D eigenvalue weighted by atomic mass is 79.9. The van der Waals surface area contributed by atoms with Gasteiger partial charge in [0.25, 0.3) is 0 Å². The van der Waals surface area contributed by atoms with Crippen LogP contribution in [-0.2, 0) is 5.60 Å². The van der Waals surface area contributed by atoms with Crippen molar-refractivity contribution in [1.82, 2.24) is 0 Å². The summed E-state index contributed by atoms with van der Waals surface area (Å²) in [6.07, 6.45) is 7.00. The van der Waals surface area contributed by atoms with Crippen molar-refractivity contribution in [1.29, 1.82) is 0 Å². The Bertz CT molecular complexity index is 374. The molecule has 0 atom stereocenters. The van der Waals surface area contributed by atoms with Crippen LogP contribution in [0.5, 0.6) is 0 Å². The first kappa shape index (κ1) is 12.8. The molecular weight excluding hydrogens is 276 g/mol. The Kier molecular flexibility index (Phi) is 4.05. The van der Waals surface area contributed by atoms with Crippen molar-refractivity contribution >= 4 is 15.9 Å². The van der Waals surface area contributed by atoms with Gasteiger partial charge in [-0.3, -0.25) is 0 Å². The Morgan fingerprint density at radius 1 is 1.29 bits per heavy atom. The van der Waals surface area contributed by atoms with Crippen LogP contribution in [0, 0.1) is 5.92 Å². The van der Waals surface area contributed by atoms with Crippen LogP contribution in [0.15, 0.2) is 41.4 Å². The highest BCUT2D eigenvalue weighted by Crippen LogP contribution is 2.40. The van der Waals surface area contributed by atoms with Crippen LogP contribution >= 0.6 is 15.9 Å².